The number of aromatic nitrogens is 2. The predicted molar refractivity (Wildman–Crippen MR) is 67.1 cm³/mol. The lowest BCUT2D eigenvalue weighted by molar-refractivity contribution is 0.0410. The van der Waals surface area contributed by atoms with Gasteiger partial charge in [-0.2, -0.15) is 0 Å². The number of nitrogens with zero attached hydrogens (tertiary/aromatic N) is 3. The number of hydrogen-bond acceptors (Lipinski definition) is 5. The summed E-state index contributed by atoms with van der Waals surface area (Å²) < 4.78 is 7.26. The normalized spacial score (nSPS) is 17.5. The lowest BCUT2D eigenvalue weighted by Crippen LogP contribution is -2.37. The molecule has 0 unspecified atom stereocenters. The Bertz CT molecular complexity index is 350. The number of ether oxygens (including phenoxy) is 1. The molecule has 0 amide bonds. The molecule has 1 saturated heterocycles. The van der Waals surface area contributed by atoms with Crippen molar-refractivity contribution in [1.29, 1.82) is 0 Å². The summed E-state index contributed by atoms with van der Waals surface area (Å²) in [6.07, 6.45) is 1.73. The highest BCUT2D eigenvalue weighted by Gasteiger charge is 2.11. The van der Waals surface area contributed by atoms with Crippen molar-refractivity contribution >= 4 is 11.8 Å². The summed E-state index contributed by atoms with van der Waals surface area (Å²) in [5.74, 6) is 1.02. The lowest BCUT2D eigenvalue weighted by atomic mass is 10.4. The summed E-state index contributed by atoms with van der Waals surface area (Å²) in [6, 6.07) is 0. The van der Waals surface area contributed by atoms with Crippen LogP contribution in [0.3, 0.4) is 0 Å². The summed E-state index contributed by atoms with van der Waals surface area (Å²) in [5, 5.41) is 10.0. The fourth-order valence-corrected chi connectivity index (χ4v) is 2.77. The van der Waals surface area contributed by atoms with Gasteiger partial charge in [0.15, 0.2) is 5.16 Å². The van der Waals surface area contributed by atoms with E-state index in [1.54, 1.807) is 18.0 Å². The Morgan fingerprint density at radius 1 is 1.47 bits per heavy atom. The highest BCUT2D eigenvalue weighted by molar-refractivity contribution is 7.99. The molecule has 96 valence electrons. The summed E-state index contributed by atoms with van der Waals surface area (Å²) in [6.45, 7) is 4.87. The van der Waals surface area contributed by atoms with Crippen LogP contribution in [0.15, 0.2) is 11.4 Å². The van der Waals surface area contributed by atoms with Crippen molar-refractivity contribution in [3.05, 3.63) is 11.9 Å². The van der Waals surface area contributed by atoms with Crippen LogP contribution >= 0.6 is 11.8 Å². The molecule has 1 aromatic heterocycles. The third-order valence-electron chi connectivity index (χ3n) is 2.95. The average molecular weight is 257 g/mol. The molecule has 2 rings (SSSR count). The van der Waals surface area contributed by atoms with Crippen molar-refractivity contribution in [2.24, 2.45) is 7.05 Å². The lowest BCUT2D eigenvalue weighted by Gasteiger charge is -2.26. The van der Waals surface area contributed by atoms with Gasteiger partial charge < -0.3 is 14.4 Å². The zero-order valence-corrected chi connectivity index (χ0v) is 10.9. The number of hydrogen-bond donors (Lipinski definition) is 1. The van der Waals surface area contributed by atoms with Crippen LogP contribution in [0.4, 0.5) is 0 Å². The third-order valence-corrected chi connectivity index (χ3v) is 3.97. The van der Waals surface area contributed by atoms with Crippen molar-refractivity contribution in [2.45, 2.75) is 11.8 Å². The first-order chi connectivity index (χ1) is 8.31. The molecule has 0 atom stereocenters. The van der Waals surface area contributed by atoms with Crippen molar-refractivity contribution in [1.82, 2.24) is 14.5 Å². The predicted octanol–water partition coefficient (Wildman–Crippen LogP) is 0.337. The van der Waals surface area contributed by atoms with Crippen LogP contribution in [-0.4, -0.2) is 58.2 Å². The molecule has 0 spiro atoms. The molecule has 6 heteroatoms. The van der Waals surface area contributed by atoms with Crippen LogP contribution in [0, 0.1) is 0 Å². The van der Waals surface area contributed by atoms with Crippen molar-refractivity contribution < 1.29 is 9.84 Å². The Kier molecular flexibility index (Phi) is 4.85. The molecule has 0 radical (unpaired) electrons. The van der Waals surface area contributed by atoms with Crippen LogP contribution in [0.1, 0.15) is 5.69 Å². The summed E-state index contributed by atoms with van der Waals surface area (Å²) in [7, 11) is 1.94. The first-order valence-corrected chi connectivity index (χ1v) is 6.84. The second-order valence-corrected chi connectivity index (χ2v) is 5.11. The zero-order chi connectivity index (χ0) is 12.1. The van der Waals surface area contributed by atoms with Crippen LogP contribution in [0.5, 0.6) is 0 Å². The first kappa shape index (κ1) is 12.9. The van der Waals surface area contributed by atoms with Gasteiger partial charge in [0.1, 0.15) is 0 Å². The Labute approximate surface area is 106 Å². The van der Waals surface area contributed by atoms with Gasteiger partial charge in [0.2, 0.25) is 0 Å². The van der Waals surface area contributed by atoms with E-state index >= 15 is 0 Å². The van der Waals surface area contributed by atoms with Gasteiger partial charge in [-0.25, -0.2) is 4.98 Å². The molecular weight excluding hydrogens is 238 g/mol. The average Bonchev–Trinajstić information content (AvgIpc) is 2.72. The van der Waals surface area contributed by atoms with E-state index in [1.807, 2.05) is 11.6 Å². The van der Waals surface area contributed by atoms with E-state index in [9.17, 15) is 0 Å². The highest BCUT2D eigenvalue weighted by Crippen LogP contribution is 2.17. The zero-order valence-electron chi connectivity index (χ0n) is 10.1. The molecule has 1 aliphatic heterocycles. The molecule has 0 aromatic carbocycles. The Hall–Kier alpha value is -0.560. The standard InChI is InChI=1S/C11H19N3O2S/c1-13-10(9-15)8-12-11(13)17-7-4-14-2-5-16-6-3-14/h8,15H,2-7,9H2,1H3. The van der Waals surface area contributed by atoms with Gasteiger partial charge in [-0.05, 0) is 0 Å². The van der Waals surface area contributed by atoms with Crippen LogP contribution in [-0.2, 0) is 18.4 Å². The molecule has 1 aliphatic rings. The van der Waals surface area contributed by atoms with E-state index in [1.165, 1.54) is 0 Å². The topological polar surface area (TPSA) is 50.5 Å². The monoisotopic (exact) mass is 257 g/mol. The number of thioether (sulfide) groups is 1. The minimum Gasteiger partial charge on any atom is -0.390 e. The van der Waals surface area contributed by atoms with Gasteiger partial charge >= 0.3 is 0 Å². The fraction of sp³-hybridized carbons (Fsp3) is 0.727. The maximum absolute atomic E-state index is 9.07. The van der Waals surface area contributed by atoms with Gasteiger partial charge in [-0.1, -0.05) is 11.8 Å². The van der Waals surface area contributed by atoms with Gasteiger partial charge in [0.25, 0.3) is 0 Å². The number of morpholine rings is 1. The van der Waals surface area contributed by atoms with Gasteiger partial charge in [0, 0.05) is 32.4 Å². The Morgan fingerprint density at radius 2 is 2.24 bits per heavy atom. The van der Waals surface area contributed by atoms with Gasteiger partial charge in [-0.3, -0.25) is 4.90 Å². The number of aliphatic hydroxyl groups excluding tert-OH is 1. The molecule has 0 bridgehead atoms. The molecule has 2 heterocycles. The molecule has 0 saturated carbocycles. The number of rotatable bonds is 5. The largest absolute Gasteiger partial charge is 0.390 e. The quantitative estimate of drug-likeness (QED) is 0.771. The van der Waals surface area contributed by atoms with Crippen LogP contribution in [0.2, 0.25) is 0 Å². The molecular formula is C11H19N3O2S. The first-order valence-electron chi connectivity index (χ1n) is 5.85. The van der Waals surface area contributed by atoms with E-state index in [-0.39, 0.29) is 6.61 Å². The molecule has 0 aliphatic carbocycles. The summed E-state index contributed by atoms with van der Waals surface area (Å²) >= 11 is 1.74. The minimum atomic E-state index is 0.0491. The summed E-state index contributed by atoms with van der Waals surface area (Å²) in [4.78, 5) is 6.70. The van der Waals surface area contributed by atoms with Crippen molar-refractivity contribution in [3.63, 3.8) is 0 Å². The van der Waals surface area contributed by atoms with Crippen LogP contribution in [0.25, 0.3) is 0 Å². The smallest absolute Gasteiger partial charge is 0.168 e. The number of imidazole rings is 1. The van der Waals surface area contributed by atoms with Crippen molar-refractivity contribution in [3.8, 4) is 0 Å². The molecule has 1 N–H and O–H groups in total. The van der Waals surface area contributed by atoms with E-state index in [0.717, 1.165) is 49.5 Å². The van der Waals surface area contributed by atoms with E-state index in [2.05, 4.69) is 9.88 Å². The van der Waals surface area contributed by atoms with Crippen molar-refractivity contribution in [2.75, 3.05) is 38.6 Å². The minimum absolute atomic E-state index is 0.0491. The Morgan fingerprint density at radius 3 is 2.88 bits per heavy atom. The SMILES string of the molecule is Cn1c(CO)cnc1SCCN1CCOCC1. The maximum Gasteiger partial charge on any atom is 0.168 e. The van der Waals surface area contributed by atoms with E-state index in [4.69, 9.17) is 9.84 Å². The van der Waals surface area contributed by atoms with E-state index < -0.39 is 0 Å². The maximum atomic E-state index is 9.07. The molecule has 1 aromatic rings. The fourth-order valence-electron chi connectivity index (χ4n) is 1.80. The second kappa shape index (κ2) is 6.39. The highest BCUT2D eigenvalue weighted by atomic mass is 32.2. The molecule has 17 heavy (non-hydrogen) atoms. The van der Waals surface area contributed by atoms with Gasteiger partial charge in [-0.15, -0.1) is 0 Å². The number of aliphatic hydroxyl groups is 1. The second-order valence-electron chi connectivity index (χ2n) is 4.05. The van der Waals surface area contributed by atoms with Gasteiger partial charge in [0.05, 0.1) is 31.7 Å². The summed E-state index contributed by atoms with van der Waals surface area (Å²) in [5.41, 5.74) is 0.860. The Balaban J connectivity index is 1.75. The third kappa shape index (κ3) is 3.45. The van der Waals surface area contributed by atoms with E-state index in [0.29, 0.717) is 0 Å². The van der Waals surface area contributed by atoms with Crippen LogP contribution < -0.4 is 0 Å². The molecule has 5 nitrogen and oxygen atoms in total. The molecule has 1 fully saturated rings.